The van der Waals surface area contributed by atoms with Gasteiger partial charge in [0.2, 0.25) is 0 Å². The monoisotopic (exact) mass is 206 g/mol. The number of hydrogen-bond donors (Lipinski definition) is 1. The second kappa shape index (κ2) is 5.43. The summed E-state index contributed by atoms with van der Waals surface area (Å²) >= 11 is 5.95. The molecule has 0 saturated carbocycles. The van der Waals surface area contributed by atoms with Crippen molar-refractivity contribution >= 4 is 17.7 Å². The lowest BCUT2D eigenvalue weighted by molar-refractivity contribution is 1.01. The van der Waals surface area contributed by atoms with Crippen LogP contribution in [-0.4, -0.2) is 6.54 Å². The molecule has 1 rings (SSSR count). The molecule has 72 valence electrons. The number of halogens is 1. The Morgan fingerprint density at radius 2 is 2.29 bits per heavy atom. The van der Waals surface area contributed by atoms with Crippen LogP contribution < -0.4 is 5.73 Å². The van der Waals surface area contributed by atoms with Gasteiger partial charge >= 0.3 is 0 Å². The summed E-state index contributed by atoms with van der Waals surface area (Å²) in [5, 5.41) is 9.22. The van der Waals surface area contributed by atoms with Crippen LogP contribution in [0.5, 0.6) is 0 Å². The van der Waals surface area contributed by atoms with Crippen LogP contribution in [0.3, 0.4) is 0 Å². The summed E-state index contributed by atoms with van der Waals surface area (Å²) in [6.45, 7) is 0.629. The van der Waals surface area contributed by atoms with Crippen molar-refractivity contribution in [1.29, 1.82) is 5.26 Å². The Balaban J connectivity index is 2.85. The van der Waals surface area contributed by atoms with Gasteiger partial charge in [0.05, 0.1) is 11.6 Å². The number of nitriles is 1. The van der Waals surface area contributed by atoms with E-state index in [0.717, 1.165) is 12.0 Å². The van der Waals surface area contributed by atoms with Gasteiger partial charge in [0, 0.05) is 5.02 Å². The predicted molar refractivity (Wildman–Crippen MR) is 58.9 cm³/mol. The molecule has 0 spiro atoms. The summed E-state index contributed by atoms with van der Waals surface area (Å²) in [5.74, 6) is 0. The maximum absolute atomic E-state index is 8.62. The molecule has 0 bridgehead atoms. The molecule has 0 amide bonds. The number of hydrogen-bond acceptors (Lipinski definition) is 2. The summed E-state index contributed by atoms with van der Waals surface area (Å²) in [6.07, 6.45) is 4.71. The Bertz CT molecular complexity index is 377. The van der Waals surface area contributed by atoms with Gasteiger partial charge in [0.25, 0.3) is 0 Å². The van der Waals surface area contributed by atoms with Crippen LogP contribution in [0, 0.1) is 11.3 Å². The fourth-order valence-corrected chi connectivity index (χ4v) is 1.28. The molecule has 0 radical (unpaired) electrons. The normalized spacial score (nSPS) is 10.4. The lowest BCUT2D eigenvalue weighted by atomic mass is 10.1. The van der Waals surface area contributed by atoms with Crippen molar-refractivity contribution in [2.45, 2.75) is 6.42 Å². The van der Waals surface area contributed by atoms with Gasteiger partial charge in [-0.3, -0.25) is 0 Å². The van der Waals surface area contributed by atoms with Crippen LogP contribution in [0.2, 0.25) is 5.02 Å². The maximum Gasteiger partial charge on any atom is 0.0992 e. The standard InChI is InChI=1S/C11H11ClN2/c12-11-7-9(8-14)4-5-10(11)3-1-2-6-13/h1,3-5,7H,2,6,13H2. The van der Waals surface area contributed by atoms with E-state index in [1.807, 2.05) is 24.3 Å². The molecule has 2 nitrogen and oxygen atoms in total. The number of nitrogens with two attached hydrogens (primary N) is 1. The number of rotatable bonds is 3. The van der Waals surface area contributed by atoms with Crippen LogP contribution in [0.4, 0.5) is 0 Å². The highest BCUT2D eigenvalue weighted by Gasteiger charge is 1.97. The molecule has 1 aromatic rings. The second-order valence-corrected chi connectivity index (χ2v) is 3.24. The van der Waals surface area contributed by atoms with Crippen molar-refractivity contribution < 1.29 is 0 Å². The Labute approximate surface area is 88.6 Å². The first-order valence-corrected chi connectivity index (χ1v) is 4.72. The van der Waals surface area contributed by atoms with Gasteiger partial charge < -0.3 is 5.73 Å². The average molecular weight is 207 g/mol. The molecule has 0 heterocycles. The van der Waals surface area contributed by atoms with Crippen molar-refractivity contribution in [2.75, 3.05) is 6.54 Å². The molecule has 3 heteroatoms. The van der Waals surface area contributed by atoms with E-state index >= 15 is 0 Å². The largest absolute Gasteiger partial charge is 0.330 e. The Hall–Kier alpha value is -1.30. The van der Waals surface area contributed by atoms with Gasteiger partial charge in [-0.2, -0.15) is 5.26 Å². The molecular weight excluding hydrogens is 196 g/mol. The summed E-state index contributed by atoms with van der Waals surface area (Å²) in [6, 6.07) is 7.26. The number of nitrogens with zero attached hydrogens (tertiary/aromatic N) is 1. The average Bonchev–Trinajstić information content (AvgIpc) is 2.20. The summed E-state index contributed by atoms with van der Waals surface area (Å²) in [4.78, 5) is 0. The summed E-state index contributed by atoms with van der Waals surface area (Å²) < 4.78 is 0. The molecule has 0 aliphatic carbocycles. The fourth-order valence-electron chi connectivity index (χ4n) is 1.04. The molecule has 0 saturated heterocycles. The molecule has 14 heavy (non-hydrogen) atoms. The van der Waals surface area contributed by atoms with E-state index in [9.17, 15) is 0 Å². The van der Waals surface area contributed by atoms with E-state index in [4.69, 9.17) is 22.6 Å². The molecule has 0 aliphatic heterocycles. The first kappa shape index (κ1) is 10.8. The zero-order valence-corrected chi connectivity index (χ0v) is 8.46. The van der Waals surface area contributed by atoms with E-state index in [2.05, 4.69) is 0 Å². The second-order valence-electron chi connectivity index (χ2n) is 2.83. The Morgan fingerprint density at radius 1 is 1.50 bits per heavy atom. The van der Waals surface area contributed by atoms with Gasteiger partial charge in [0.15, 0.2) is 0 Å². The highest BCUT2D eigenvalue weighted by atomic mass is 35.5. The smallest absolute Gasteiger partial charge is 0.0992 e. The maximum atomic E-state index is 8.62. The molecule has 1 aromatic carbocycles. The molecule has 0 atom stereocenters. The molecule has 0 aliphatic rings. The SMILES string of the molecule is N#Cc1ccc(C=CCCN)c(Cl)c1. The number of benzene rings is 1. The van der Waals surface area contributed by atoms with Gasteiger partial charge in [-0.1, -0.05) is 29.8 Å². The molecule has 0 aromatic heterocycles. The summed E-state index contributed by atoms with van der Waals surface area (Å²) in [5.41, 5.74) is 6.84. The van der Waals surface area contributed by atoms with Crippen LogP contribution in [0.25, 0.3) is 6.08 Å². The Morgan fingerprint density at radius 3 is 2.86 bits per heavy atom. The van der Waals surface area contributed by atoms with E-state index < -0.39 is 0 Å². The van der Waals surface area contributed by atoms with Crippen molar-refractivity contribution in [2.24, 2.45) is 5.73 Å². The quantitative estimate of drug-likeness (QED) is 0.827. The lowest BCUT2D eigenvalue weighted by Gasteiger charge is -1.97. The molecule has 0 unspecified atom stereocenters. The van der Waals surface area contributed by atoms with E-state index in [-0.39, 0.29) is 0 Å². The molecule has 2 N–H and O–H groups in total. The third-order valence-electron chi connectivity index (χ3n) is 1.76. The molecule has 0 fully saturated rings. The first-order chi connectivity index (χ1) is 6.77. The fraction of sp³-hybridized carbons (Fsp3) is 0.182. The lowest BCUT2D eigenvalue weighted by Crippen LogP contribution is -1.94. The third-order valence-corrected chi connectivity index (χ3v) is 2.09. The minimum atomic E-state index is 0.575. The molecular formula is C11H11ClN2. The van der Waals surface area contributed by atoms with Crippen LogP contribution >= 0.6 is 11.6 Å². The van der Waals surface area contributed by atoms with Crippen LogP contribution in [-0.2, 0) is 0 Å². The van der Waals surface area contributed by atoms with Gasteiger partial charge in [0.1, 0.15) is 0 Å². The minimum Gasteiger partial charge on any atom is -0.330 e. The van der Waals surface area contributed by atoms with E-state index in [1.165, 1.54) is 0 Å². The van der Waals surface area contributed by atoms with Gasteiger partial charge in [-0.25, -0.2) is 0 Å². The van der Waals surface area contributed by atoms with Crippen LogP contribution in [0.15, 0.2) is 24.3 Å². The first-order valence-electron chi connectivity index (χ1n) is 4.34. The van der Waals surface area contributed by atoms with Gasteiger partial charge in [-0.05, 0) is 30.7 Å². The van der Waals surface area contributed by atoms with Crippen molar-refractivity contribution in [1.82, 2.24) is 0 Å². The topological polar surface area (TPSA) is 49.8 Å². The third kappa shape index (κ3) is 2.88. The summed E-state index contributed by atoms with van der Waals surface area (Å²) in [7, 11) is 0. The predicted octanol–water partition coefficient (Wildman–Crippen LogP) is 2.57. The zero-order valence-electron chi connectivity index (χ0n) is 7.70. The highest BCUT2D eigenvalue weighted by Crippen LogP contribution is 2.18. The van der Waals surface area contributed by atoms with E-state index in [0.29, 0.717) is 17.1 Å². The Kier molecular flexibility index (Phi) is 4.18. The van der Waals surface area contributed by atoms with E-state index in [1.54, 1.807) is 12.1 Å². The van der Waals surface area contributed by atoms with Crippen molar-refractivity contribution in [3.63, 3.8) is 0 Å². The minimum absolute atomic E-state index is 0.575. The van der Waals surface area contributed by atoms with Crippen molar-refractivity contribution in [3.05, 3.63) is 40.4 Å². The zero-order chi connectivity index (χ0) is 10.4. The highest BCUT2D eigenvalue weighted by molar-refractivity contribution is 6.32. The van der Waals surface area contributed by atoms with Gasteiger partial charge in [-0.15, -0.1) is 0 Å². The van der Waals surface area contributed by atoms with Crippen molar-refractivity contribution in [3.8, 4) is 6.07 Å². The van der Waals surface area contributed by atoms with Crippen LogP contribution in [0.1, 0.15) is 17.5 Å².